The molecule has 0 saturated carbocycles. The van der Waals surface area contributed by atoms with Gasteiger partial charge in [0.05, 0.1) is 18.4 Å². The molecule has 8 heteroatoms. The average Bonchev–Trinajstić information content (AvgIpc) is 3.27. The van der Waals surface area contributed by atoms with Crippen LogP contribution in [0.3, 0.4) is 0 Å². The summed E-state index contributed by atoms with van der Waals surface area (Å²) in [6, 6.07) is 4.78. The van der Waals surface area contributed by atoms with Gasteiger partial charge in [-0.2, -0.15) is 4.99 Å². The van der Waals surface area contributed by atoms with E-state index in [4.69, 9.17) is 4.74 Å². The van der Waals surface area contributed by atoms with Crippen molar-refractivity contribution in [2.24, 2.45) is 4.99 Å². The molecule has 2 N–H and O–H groups in total. The van der Waals surface area contributed by atoms with Gasteiger partial charge in [-0.3, -0.25) is 0 Å². The molecule has 0 amide bonds. The highest BCUT2D eigenvalue weighted by atomic mass is 16.5. The van der Waals surface area contributed by atoms with Crippen LogP contribution in [0.15, 0.2) is 23.6 Å². The minimum atomic E-state index is -0.670. The molecule has 3 heterocycles. The highest BCUT2D eigenvalue weighted by molar-refractivity contribution is 5.78. The number of ether oxygens (including phenoxy) is 1. The summed E-state index contributed by atoms with van der Waals surface area (Å²) >= 11 is 0. The molecule has 8 nitrogen and oxygen atoms in total. The molecule has 2 aromatic rings. The molecule has 3 atom stereocenters. The third-order valence-electron chi connectivity index (χ3n) is 4.68. The predicted molar refractivity (Wildman–Crippen MR) is 107 cm³/mol. The number of nitrogens with zero attached hydrogens (tertiary/aromatic N) is 5. The van der Waals surface area contributed by atoms with Crippen LogP contribution in [0.25, 0.3) is 11.0 Å². The van der Waals surface area contributed by atoms with E-state index < -0.39 is 12.2 Å². The van der Waals surface area contributed by atoms with Gasteiger partial charge in [0.1, 0.15) is 30.6 Å². The number of hydrogen-bond acceptors (Lipinski definition) is 6. The van der Waals surface area contributed by atoms with E-state index in [0.29, 0.717) is 6.42 Å². The van der Waals surface area contributed by atoms with Crippen molar-refractivity contribution in [1.29, 1.82) is 0 Å². The molecule has 0 aromatic carbocycles. The zero-order chi connectivity index (χ0) is 19.9. The molecule has 0 unspecified atom stereocenters. The van der Waals surface area contributed by atoms with E-state index >= 15 is 0 Å². The Morgan fingerprint density at radius 1 is 1.39 bits per heavy atom. The summed E-state index contributed by atoms with van der Waals surface area (Å²) in [7, 11) is 3.82. The lowest BCUT2D eigenvalue weighted by Crippen LogP contribution is -2.24. The Balaban J connectivity index is 1.59. The number of hydrogen-bond donors (Lipinski definition) is 2. The van der Waals surface area contributed by atoms with Crippen LogP contribution in [0.4, 0.5) is 0 Å². The van der Waals surface area contributed by atoms with Crippen molar-refractivity contribution in [3.05, 3.63) is 24.3 Å². The van der Waals surface area contributed by atoms with Crippen molar-refractivity contribution in [2.75, 3.05) is 20.7 Å². The normalized spacial score (nSPS) is 21.9. The van der Waals surface area contributed by atoms with Gasteiger partial charge in [0, 0.05) is 44.6 Å². The number of unbranched alkanes of at least 4 members (excludes halogenated alkanes) is 2. The van der Waals surface area contributed by atoms with Crippen molar-refractivity contribution < 1.29 is 14.9 Å². The predicted octanol–water partition coefficient (Wildman–Crippen LogP) is 1.34. The Hall–Kier alpha value is -2.47. The molecule has 1 fully saturated rings. The number of aromatic nitrogens is 3. The van der Waals surface area contributed by atoms with Crippen LogP contribution >= 0.6 is 0 Å². The van der Waals surface area contributed by atoms with Gasteiger partial charge in [-0.05, 0) is 25.3 Å². The van der Waals surface area contributed by atoms with E-state index in [1.165, 1.54) is 0 Å². The summed E-state index contributed by atoms with van der Waals surface area (Å²) in [5.74, 6) is 3.05. The largest absolute Gasteiger partial charge is 0.394 e. The zero-order valence-corrected chi connectivity index (χ0v) is 16.3. The maximum Gasteiger partial charge on any atom is 0.145 e. The smallest absolute Gasteiger partial charge is 0.145 e. The quantitative estimate of drug-likeness (QED) is 0.323. The molecule has 0 radical (unpaired) electrons. The molecule has 150 valence electrons. The average molecular weight is 385 g/mol. The number of aliphatic imine (C=N–C) groups is 1. The minimum Gasteiger partial charge on any atom is -0.394 e. The first-order valence-electron chi connectivity index (χ1n) is 9.52. The Labute approximate surface area is 164 Å². The first-order valence-corrected chi connectivity index (χ1v) is 9.52. The monoisotopic (exact) mass is 385 g/mol. The number of rotatable bonds is 7. The van der Waals surface area contributed by atoms with Crippen LogP contribution in [-0.2, 0) is 11.2 Å². The lowest BCUT2D eigenvalue weighted by atomic mass is 10.1. The number of aliphatic hydroxyl groups is 2. The fourth-order valence-electron chi connectivity index (χ4n) is 3.26. The number of aliphatic hydroxyl groups excluding tert-OH is 2. The van der Waals surface area contributed by atoms with Gasteiger partial charge in [-0.25, -0.2) is 9.97 Å². The lowest BCUT2D eigenvalue weighted by Gasteiger charge is -2.14. The molecule has 1 aliphatic heterocycles. The van der Waals surface area contributed by atoms with E-state index in [1.54, 1.807) is 12.7 Å². The number of fused-ring (bicyclic) bond motifs is 1. The van der Waals surface area contributed by atoms with Gasteiger partial charge in [0.25, 0.3) is 0 Å². The van der Waals surface area contributed by atoms with Gasteiger partial charge in [-0.15, -0.1) is 0 Å². The van der Waals surface area contributed by atoms with Crippen LogP contribution in [0.1, 0.15) is 37.6 Å². The van der Waals surface area contributed by atoms with Crippen molar-refractivity contribution in [3.63, 3.8) is 0 Å². The zero-order valence-electron chi connectivity index (χ0n) is 16.3. The fourth-order valence-corrected chi connectivity index (χ4v) is 3.26. The van der Waals surface area contributed by atoms with Crippen LogP contribution in [-0.4, -0.2) is 68.9 Å². The van der Waals surface area contributed by atoms with Crippen molar-refractivity contribution in [1.82, 2.24) is 19.4 Å². The van der Waals surface area contributed by atoms with Crippen molar-refractivity contribution in [2.45, 2.75) is 50.5 Å². The van der Waals surface area contributed by atoms with Gasteiger partial charge >= 0.3 is 0 Å². The summed E-state index contributed by atoms with van der Waals surface area (Å²) in [4.78, 5) is 14.7. The van der Waals surface area contributed by atoms with Crippen LogP contribution in [0, 0.1) is 12.0 Å². The van der Waals surface area contributed by atoms with Crippen LogP contribution < -0.4 is 0 Å². The minimum absolute atomic E-state index is 0.194. The maximum atomic E-state index is 9.98. The van der Waals surface area contributed by atoms with Crippen molar-refractivity contribution >= 4 is 17.4 Å². The molecule has 2 aromatic heterocycles. The number of aryl methyl sites for hydroxylation is 1. The molecule has 3 rings (SSSR count). The molecule has 28 heavy (non-hydrogen) atoms. The third-order valence-corrected chi connectivity index (χ3v) is 4.68. The second kappa shape index (κ2) is 9.64. The topological polar surface area (TPSA) is 96.0 Å². The van der Waals surface area contributed by atoms with E-state index in [9.17, 15) is 10.2 Å². The SMILES string of the molecule is CN(C)C=NC#CCCCCc1ncnc2c1ccn2[C@@H]1C[C@H](O)[C@@H](CO)O1. The first kappa shape index (κ1) is 20.3. The molecular weight excluding hydrogens is 358 g/mol. The Morgan fingerprint density at radius 2 is 2.25 bits per heavy atom. The summed E-state index contributed by atoms with van der Waals surface area (Å²) in [6.07, 6.45) is 7.66. The molecule has 1 aliphatic rings. The second-order valence-electron chi connectivity index (χ2n) is 7.10. The van der Waals surface area contributed by atoms with E-state index in [0.717, 1.165) is 42.4 Å². The second-order valence-corrected chi connectivity index (χ2v) is 7.10. The highest BCUT2D eigenvalue weighted by Crippen LogP contribution is 2.31. The summed E-state index contributed by atoms with van der Waals surface area (Å²) in [5, 5.41) is 20.3. The Kier molecular flexibility index (Phi) is 6.98. The summed E-state index contributed by atoms with van der Waals surface area (Å²) in [6.45, 7) is -0.194. The fraction of sp³-hybridized carbons (Fsp3) is 0.550. The Morgan fingerprint density at radius 3 is 3.00 bits per heavy atom. The maximum absolute atomic E-state index is 9.98. The summed E-state index contributed by atoms with van der Waals surface area (Å²) in [5.41, 5.74) is 1.79. The van der Waals surface area contributed by atoms with E-state index in [2.05, 4.69) is 26.9 Å². The molecular formula is C20H27N5O3. The van der Waals surface area contributed by atoms with Crippen molar-refractivity contribution in [3.8, 4) is 12.0 Å². The molecule has 0 bridgehead atoms. The lowest BCUT2D eigenvalue weighted by molar-refractivity contribution is -0.0430. The summed E-state index contributed by atoms with van der Waals surface area (Å²) < 4.78 is 7.66. The van der Waals surface area contributed by atoms with E-state index in [-0.39, 0.29) is 12.8 Å². The molecule has 1 saturated heterocycles. The molecule has 0 spiro atoms. The van der Waals surface area contributed by atoms with Gasteiger partial charge in [0.2, 0.25) is 0 Å². The van der Waals surface area contributed by atoms with Crippen LogP contribution in [0.5, 0.6) is 0 Å². The molecule has 0 aliphatic carbocycles. The van der Waals surface area contributed by atoms with Gasteiger partial charge < -0.3 is 24.4 Å². The third kappa shape index (κ3) is 4.87. The van der Waals surface area contributed by atoms with Crippen LogP contribution in [0.2, 0.25) is 0 Å². The van der Waals surface area contributed by atoms with E-state index in [1.807, 2.05) is 35.8 Å². The van der Waals surface area contributed by atoms with Gasteiger partial charge in [-0.1, -0.05) is 5.92 Å². The highest BCUT2D eigenvalue weighted by Gasteiger charge is 2.35. The van der Waals surface area contributed by atoms with Gasteiger partial charge in [0.15, 0.2) is 0 Å². The Bertz CT molecular complexity index is 868. The standard InChI is InChI=1S/C20H27N5O3/c1-24(2)14-21-9-6-4-3-5-7-16-15-8-10-25(20(15)23-13-22-16)19-11-17(27)18(12-26)28-19/h8,10,13-14,17-19,26-27H,3-5,7,11-12H2,1-2H3/t17-,18+,19-/m0/s1. The first-order chi connectivity index (χ1) is 13.6.